The lowest BCUT2D eigenvalue weighted by molar-refractivity contribution is 0.284. The number of ether oxygens (including phenoxy) is 2. The maximum absolute atomic E-state index is 5.92. The van der Waals surface area contributed by atoms with Gasteiger partial charge in [-0.15, -0.1) is 0 Å². The van der Waals surface area contributed by atoms with Gasteiger partial charge in [0.25, 0.3) is 0 Å². The van der Waals surface area contributed by atoms with Crippen molar-refractivity contribution in [3.63, 3.8) is 0 Å². The number of hydrogen-bond acceptors (Lipinski definition) is 5. The second kappa shape index (κ2) is 11.9. The van der Waals surface area contributed by atoms with Gasteiger partial charge in [0.05, 0.1) is 31.0 Å². The molecule has 6 heteroatoms. The third kappa shape index (κ3) is 6.51. The summed E-state index contributed by atoms with van der Waals surface area (Å²) in [6.45, 7) is 2.96. The Hall–Kier alpha value is -3.02. The molecule has 0 aliphatic heterocycles. The zero-order chi connectivity index (χ0) is 21.0. The molecule has 3 aromatic rings. The SMILES string of the molecule is CCCCCCCCCOc1ccc(/C=N\Nc2nc3ccccc3[nH]2)cc1OC. The number of imidazole rings is 1. The van der Waals surface area contributed by atoms with Gasteiger partial charge in [0.1, 0.15) is 0 Å². The molecule has 2 aromatic carbocycles. The van der Waals surface area contributed by atoms with E-state index in [1.165, 1.54) is 38.5 Å². The summed E-state index contributed by atoms with van der Waals surface area (Å²) in [5.74, 6) is 2.09. The Bertz CT molecular complexity index is 903. The number of unbranched alkanes of at least 4 members (excludes halogenated alkanes) is 6. The molecule has 1 heterocycles. The molecule has 1 aromatic heterocycles. The van der Waals surface area contributed by atoms with E-state index in [0.29, 0.717) is 18.3 Å². The maximum atomic E-state index is 5.92. The van der Waals surface area contributed by atoms with Gasteiger partial charge in [-0.3, -0.25) is 0 Å². The van der Waals surface area contributed by atoms with Crippen LogP contribution >= 0.6 is 0 Å². The number of benzene rings is 2. The molecule has 0 amide bonds. The van der Waals surface area contributed by atoms with Gasteiger partial charge in [0.15, 0.2) is 11.5 Å². The van der Waals surface area contributed by atoms with Gasteiger partial charge in [0, 0.05) is 0 Å². The first-order valence-corrected chi connectivity index (χ1v) is 10.8. The van der Waals surface area contributed by atoms with Gasteiger partial charge < -0.3 is 14.5 Å². The predicted molar refractivity (Wildman–Crippen MR) is 124 cm³/mol. The number of hydrogen-bond donors (Lipinski definition) is 2. The van der Waals surface area contributed by atoms with E-state index >= 15 is 0 Å². The topological polar surface area (TPSA) is 71.5 Å². The van der Waals surface area contributed by atoms with Crippen LogP contribution in [0.3, 0.4) is 0 Å². The van der Waals surface area contributed by atoms with Crippen LogP contribution in [-0.2, 0) is 0 Å². The average molecular weight is 409 g/mol. The van der Waals surface area contributed by atoms with Crippen LogP contribution in [-0.4, -0.2) is 29.9 Å². The van der Waals surface area contributed by atoms with Crippen LogP contribution in [0, 0.1) is 0 Å². The molecule has 0 fully saturated rings. The van der Waals surface area contributed by atoms with Crippen molar-refractivity contribution in [2.24, 2.45) is 5.10 Å². The second-order valence-electron chi connectivity index (χ2n) is 7.35. The van der Waals surface area contributed by atoms with Crippen molar-refractivity contribution in [3.8, 4) is 11.5 Å². The van der Waals surface area contributed by atoms with Gasteiger partial charge in [-0.1, -0.05) is 57.6 Å². The Labute approximate surface area is 178 Å². The highest BCUT2D eigenvalue weighted by Crippen LogP contribution is 2.28. The summed E-state index contributed by atoms with van der Waals surface area (Å²) in [6.07, 6.45) is 10.6. The van der Waals surface area contributed by atoms with Gasteiger partial charge >= 0.3 is 0 Å². The second-order valence-corrected chi connectivity index (χ2v) is 7.35. The van der Waals surface area contributed by atoms with Crippen LogP contribution < -0.4 is 14.9 Å². The van der Waals surface area contributed by atoms with Crippen LogP contribution in [0.2, 0.25) is 0 Å². The molecule has 0 atom stereocenters. The minimum atomic E-state index is 0.606. The van der Waals surface area contributed by atoms with Crippen molar-refractivity contribution in [1.82, 2.24) is 9.97 Å². The molecule has 160 valence electrons. The Kier molecular flexibility index (Phi) is 8.57. The van der Waals surface area contributed by atoms with Crippen molar-refractivity contribution in [2.75, 3.05) is 19.1 Å². The summed E-state index contributed by atoms with van der Waals surface area (Å²) in [5, 5.41) is 4.26. The predicted octanol–water partition coefficient (Wildman–Crippen LogP) is 6.15. The third-order valence-electron chi connectivity index (χ3n) is 4.97. The van der Waals surface area contributed by atoms with Gasteiger partial charge in [-0.05, 0) is 42.3 Å². The number of para-hydroxylation sites is 2. The fourth-order valence-electron chi connectivity index (χ4n) is 3.30. The number of rotatable bonds is 13. The summed E-state index contributed by atoms with van der Waals surface area (Å²) in [5.41, 5.74) is 5.72. The molecule has 6 nitrogen and oxygen atoms in total. The Morgan fingerprint density at radius 2 is 1.80 bits per heavy atom. The molecule has 2 N–H and O–H groups in total. The molecule has 0 spiro atoms. The summed E-state index contributed by atoms with van der Waals surface area (Å²) in [4.78, 5) is 7.62. The van der Waals surface area contributed by atoms with E-state index in [1.54, 1.807) is 13.3 Å². The van der Waals surface area contributed by atoms with Crippen LogP contribution in [0.15, 0.2) is 47.6 Å². The number of nitrogens with zero attached hydrogens (tertiary/aromatic N) is 2. The Morgan fingerprint density at radius 1 is 1.00 bits per heavy atom. The molecule has 0 unspecified atom stereocenters. The van der Waals surface area contributed by atoms with Crippen LogP contribution in [0.4, 0.5) is 5.95 Å². The minimum Gasteiger partial charge on any atom is -0.493 e. The molecular formula is C24H32N4O2. The molecule has 0 aliphatic rings. The lowest BCUT2D eigenvalue weighted by Gasteiger charge is -2.11. The highest BCUT2D eigenvalue weighted by Gasteiger charge is 2.05. The van der Waals surface area contributed by atoms with Crippen LogP contribution in [0.1, 0.15) is 57.4 Å². The number of hydrazone groups is 1. The van der Waals surface area contributed by atoms with Gasteiger partial charge in [0.2, 0.25) is 5.95 Å². The zero-order valence-electron chi connectivity index (χ0n) is 18.0. The summed E-state index contributed by atoms with van der Waals surface area (Å²) >= 11 is 0. The summed E-state index contributed by atoms with van der Waals surface area (Å²) in [6, 6.07) is 13.7. The molecule has 0 saturated carbocycles. The first kappa shape index (κ1) is 21.7. The minimum absolute atomic E-state index is 0.606. The van der Waals surface area contributed by atoms with Gasteiger partial charge in [-0.25, -0.2) is 10.4 Å². The molecule has 0 saturated heterocycles. The fourth-order valence-corrected chi connectivity index (χ4v) is 3.30. The molecule has 30 heavy (non-hydrogen) atoms. The smallest absolute Gasteiger partial charge is 0.222 e. The fraction of sp³-hybridized carbons (Fsp3) is 0.417. The zero-order valence-corrected chi connectivity index (χ0v) is 18.0. The molecule has 0 radical (unpaired) electrons. The van der Waals surface area contributed by atoms with E-state index in [1.807, 2.05) is 42.5 Å². The molecular weight excluding hydrogens is 376 g/mol. The third-order valence-corrected chi connectivity index (χ3v) is 4.97. The molecule has 0 bridgehead atoms. The van der Waals surface area contributed by atoms with Gasteiger partial charge in [-0.2, -0.15) is 5.10 Å². The Morgan fingerprint density at radius 3 is 2.60 bits per heavy atom. The number of fused-ring (bicyclic) bond motifs is 1. The average Bonchev–Trinajstić information content (AvgIpc) is 3.19. The number of aromatic amines is 1. The van der Waals surface area contributed by atoms with Crippen molar-refractivity contribution in [2.45, 2.75) is 51.9 Å². The van der Waals surface area contributed by atoms with E-state index in [9.17, 15) is 0 Å². The Balaban J connectivity index is 1.46. The summed E-state index contributed by atoms with van der Waals surface area (Å²) < 4.78 is 11.4. The number of H-pyrrole nitrogens is 1. The standard InChI is InChI=1S/C24H32N4O2/c1-3-4-5-6-7-8-11-16-30-22-15-14-19(17-23(22)29-2)18-25-28-24-26-20-12-9-10-13-21(20)27-24/h9-10,12-15,17-18H,3-8,11,16H2,1-2H3,(H2,26,27,28)/b25-18-. The quantitative estimate of drug-likeness (QED) is 0.202. The lowest BCUT2D eigenvalue weighted by atomic mass is 10.1. The normalized spacial score (nSPS) is 11.3. The molecule has 3 rings (SSSR count). The number of anilines is 1. The van der Waals surface area contributed by atoms with Crippen LogP contribution in [0.25, 0.3) is 11.0 Å². The molecule has 0 aliphatic carbocycles. The van der Waals surface area contributed by atoms with Crippen molar-refractivity contribution >= 4 is 23.2 Å². The van der Waals surface area contributed by atoms with Crippen LogP contribution in [0.5, 0.6) is 11.5 Å². The van der Waals surface area contributed by atoms with E-state index in [-0.39, 0.29) is 0 Å². The van der Waals surface area contributed by atoms with Crippen molar-refractivity contribution in [1.29, 1.82) is 0 Å². The van der Waals surface area contributed by atoms with E-state index in [4.69, 9.17) is 9.47 Å². The van der Waals surface area contributed by atoms with Crippen molar-refractivity contribution in [3.05, 3.63) is 48.0 Å². The van der Waals surface area contributed by atoms with E-state index in [0.717, 1.165) is 28.8 Å². The van der Waals surface area contributed by atoms with E-state index < -0.39 is 0 Å². The van der Waals surface area contributed by atoms with E-state index in [2.05, 4.69) is 27.4 Å². The lowest BCUT2D eigenvalue weighted by Crippen LogP contribution is -2.00. The summed E-state index contributed by atoms with van der Waals surface area (Å²) in [7, 11) is 1.66. The largest absolute Gasteiger partial charge is 0.493 e. The first-order valence-electron chi connectivity index (χ1n) is 10.8. The number of aromatic nitrogens is 2. The number of methoxy groups -OCH3 is 1. The maximum Gasteiger partial charge on any atom is 0.222 e. The monoisotopic (exact) mass is 408 g/mol. The first-order chi connectivity index (χ1) is 14.8. The number of nitrogens with one attached hydrogen (secondary N) is 2. The highest BCUT2D eigenvalue weighted by molar-refractivity contribution is 5.82. The highest BCUT2D eigenvalue weighted by atomic mass is 16.5. The van der Waals surface area contributed by atoms with Crippen molar-refractivity contribution < 1.29 is 9.47 Å².